The molecular formula is C15H19FN4O3. The summed E-state index contributed by atoms with van der Waals surface area (Å²) in [6, 6.07) is 5.42. The van der Waals surface area contributed by atoms with Gasteiger partial charge in [0.25, 0.3) is 6.01 Å². The summed E-state index contributed by atoms with van der Waals surface area (Å²) < 4.78 is 23.5. The van der Waals surface area contributed by atoms with E-state index in [2.05, 4.69) is 10.3 Å². The van der Waals surface area contributed by atoms with E-state index in [0.717, 1.165) is 0 Å². The summed E-state index contributed by atoms with van der Waals surface area (Å²) in [6.45, 7) is 0.291. The second kappa shape index (κ2) is 7.59. The van der Waals surface area contributed by atoms with Gasteiger partial charge < -0.3 is 25.1 Å². The molecule has 2 aromatic rings. The first-order chi connectivity index (χ1) is 11.1. The molecule has 1 heterocycles. The van der Waals surface area contributed by atoms with E-state index in [9.17, 15) is 9.18 Å². The highest BCUT2D eigenvalue weighted by Crippen LogP contribution is 2.25. The van der Waals surface area contributed by atoms with Gasteiger partial charge in [-0.05, 0) is 12.1 Å². The van der Waals surface area contributed by atoms with Gasteiger partial charge in [0.2, 0.25) is 5.91 Å². The fourth-order valence-electron chi connectivity index (χ4n) is 1.82. The Kier molecular flexibility index (Phi) is 5.53. The van der Waals surface area contributed by atoms with Crippen LogP contribution in [0.4, 0.5) is 10.4 Å². The van der Waals surface area contributed by atoms with Crippen molar-refractivity contribution in [1.82, 2.24) is 10.3 Å². The minimum atomic E-state index is -0.147. The molecule has 0 spiro atoms. The van der Waals surface area contributed by atoms with Crippen LogP contribution in [0.1, 0.15) is 0 Å². The average Bonchev–Trinajstić information content (AvgIpc) is 2.99. The second-order valence-electron chi connectivity index (χ2n) is 4.92. The normalized spacial score (nSPS) is 11.6. The van der Waals surface area contributed by atoms with Crippen LogP contribution in [-0.2, 0) is 4.79 Å². The molecule has 124 valence electrons. The maximum atomic E-state index is 12.5. The molecule has 0 bridgehead atoms. The predicted octanol–water partition coefficient (Wildman–Crippen LogP) is 1.20. The zero-order valence-corrected chi connectivity index (χ0v) is 13.0. The summed E-state index contributed by atoms with van der Waals surface area (Å²) in [5, 5.41) is 2.53. The number of oxazole rings is 1. The number of fused-ring (bicyclic) bond motifs is 1. The van der Waals surface area contributed by atoms with Crippen LogP contribution in [0.3, 0.4) is 0 Å². The van der Waals surface area contributed by atoms with Crippen molar-refractivity contribution in [3.05, 3.63) is 30.1 Å². The van der Waals surface area contributed by atoms with E-state index in [-0.39, 0.29) is 25.6 Å². The van der Waals surface area contributed by atoms with Crippen molar-refractivity contribution >= 4 is 23.0 Å². The van der Waals surface area contributed by atoms with E-state index < -0.39 is 0 Å². The van der Waals surface area contributed by atoms with E-state index >= 15 is 0 Å². The molecule has 0 atom stereocenters. The number of likely N-dealkylation sites (N-methyl/N-ethyl adjacent to an activating group) is 2. The molecule has 0 saturated heterocycles. The van der Waals surface area contributed by atoms with E-state index in [1.54, 1.807) is 37.2 Å². The summed E-state index contributed by atoms with van der Waals surface area (Å²) in [5.41, 5.74) is 6.88. The molecule has 0 radical (unpaired) electrons. The Hall–Kier alpha value is -2.61. The van der Waals surface area contributed by atoms with Gasteiger partial charge in [-0.3, -0.25) is 4.79 Å². The number of rotatable bonds is 7. The number of halogens is 1. The van der Waals surface area contributed by atoms with Gasteiger partial charge in [0.1, 0.15) is 24.4 Å². The lowest BCUT2D eigenvalue weighted by Gasteiger charge is -2.12. The Morgan fingerprint density at radius 3 is 3.00 bits per heavy atom. The van der Waals surface area contributed by atoms with Crippen LogP contribution in [0.15, 0.2) is 34.5 Å². The Morgan fingerprint density at radius 1 is 1.57 bits per heavy atom. The van der Waals surface area contributed by atoms with Gasteiger partial charge >= 0.3 is 0 Å². The average molecular weight is 322 g/mol. The number of amides is 1. The molecular weight excluding hydrogens is 303 g/mol. The first kappa shape index (κ1) is 16.8. The van der Waals surface area contributed by atoms with Gasteiger partial charge in [-0.1, -0.05) is 0 Å². The molecule has 1 amide bonds. The predicted molar refractivity (Wildman–Crippen MR) is 85.1 cm³/mol. The number of nitrogens with two attached hydrogens (primary N) is 1. The van der Waals surface area contributed by atoms with Crippen LogP contribution < -0.4 is 20.7 Å². The van der Waals surface area contributed by atoms with Crippen molar-refractivity contribution < 1.29 is 18.3 Å². The lowest BCUT2D eigenvalue weighted by molar-refractivity contribution is -0.119. The number of carbonyl (C=O) groups is 1. The summed E-state index contributed by atoms with van der Waals surface area (Å²) >= 11 is 0. The van der Waals surface area contributed by atoms with Crippen LogP contribution in [0.5, 0.6) is 5.75 Å². The Bertz CT molecular complexity index is 714. The number of anilines is 1. The van der Waals surface area contributed by atoms with Gasteiger partial charge in [0, 0.05) is 32.3 Å². The van der Waals surface area contributed by atoms with E-state index in [1.807, 2.05) is 0 Å². The second-order valence-corrected chi connectivity index (χ2v) is 4.92. The quantitative estimate of drug-likeness (QED) is 0.795. The van der Waals surface area contributed by atoms with Gasteiger partial charge in [-0.25, -0.2) is 4.39 Å². The largest absolute Gasteiger partial charge is 0.489 e. The van der Waals surface area contributed by atoms with Crippen LogP contribution in [0.2, 0.25) is 0 Å². The lowest BCUT2D eigenvalue weighted by atomic mass is 10.3. The highest BCUT2D eigenvalue weighted by molar-refractivity contribution is 5.81. The maximum absolute atomic E-state index is 12.5. The third-order valence-corrected chi connectivity index (χ3v) is 3.18. The minimum absolute atomic E-state index is 0.0656. The Labute approximate surface area is 132 Å². The number of carbonyl (C=O) groups excluding carboxylic acids is 1. The molecule has 0 aliphatic heterocycles. The smallest absolute Gasteiger partial charge is 0.298 e. The van der Waals surface area contributed by atoms with E-state index in [0.29, 0.717) is 34.8 Å². The van der Waals surface area contributed by atoms with Crippen molar-refractivity contribution in [2.45, 2.75) is 0 Å². The summed E-state index contributed by atoms with van der Waals surface area (Å²) in [7, 11) is 3.27. The Morgan fingerprint density at radius 2 is 2.35 bits per heavy atom. The van der Waals surface area contributed by atoms with Gasteiger partial charge in [-0.15, -0.1) is 0 Å². The maximum Gasteiger partial charge on any atom is 0.298 e. The topological polar surface area (TPSA) is 93.6 Å². The van der Waals surface area contributed by atoms with E-state index in [4.69, 9.17) is 14.9 Å². The highest BCUT2D eigenvalue weighted by atomic mass is 19.1. The monoisotopic (exact) mass is 322 g/mol. The van der Waals surface area contributed by atoms with Crippen molar-refractivity contribution in [2.75, 3.05) is 38.7 Å². The molecule has 7 nitrogen and oxygen atoms in total. The first-order valence-corrected chi connectivity index (χ1v) is 7.00. The molecule has 8 heteroatoms. The van der Waals surface area contributed by atoms with E-state index in [1.165, 1.54) is 0 Å². The fraction of sp³-hybridized carbons (Fsp3) is 0.333. The van der Waals surface area contributed by atoms with Crippen LogP contribution >= 0.6 is 0 Å². The number of benzene rings is 1. The zero-order chi connectivity index (χ0) is 16.8. The number of aromatic nitrogens is 1. The van der Waals surface area contributed by atoms with Gasteiger partial charge in [0.05, 0.1) is 6.33 Å². The number of hydrogen-bond donors (Lipinski definition) is 2. The first-order valence-electron chi connectivity index (χ1n) is 7.00. The molecule has 2 rings (SSSR count). The molecule has 0 unspecified atom stereocenters. The molecule has 23 heavy (non-hydrogen) atoms. The van der Waals surface area contributed by atoms with Crippen molar-refractivity contribution in [3.8, 4) is 5.75 Å². The third-order valence-electron chi connectivity index (χ3n) is 3.18. The fourth-order valence-corrected chi connectivity index (χ4v) is 1.82. The minimum Gasteiger partial charge on any atom is -0.489 e. The SMILES string of the molecule is CNC(=O)CN(C)c1nc2ccc(OCC(=CF)CN)cc2o1. The third kappa shape index (κ3) is 4.19. The zero-order valence-electron chi connectivity index (χ0n) is 13.0. The molecule has 1 aromatic carbocycles. The highest BCUT2D eigenvalue weighted by Gasteiger charge is 2.13. The molecule has 0 aliphatic rings. The summed E-state index contributed by atoms with van der Waals surface area (Å²) in [4.78, 5) is 17.3. The van der Waals surface area contributed by atoms with Crippen LogP contribution in [-0.4, -0.2) is 44.7 Å². The van der Waals surface area contributed by atoms with Crippen LogP contribution in [0.25, 0.3) is 11.1 Å². The molecule has 0 saturated carbocycles. The van der Waals surface area contributed by atoms with Crippen LogP contribution in [0, 0.1) is 0 Å². The summed E-state index contributed by atoms with van der Waals surface area (Å²) in [5.74, 6) is 0.369. The summed E-state index contributed by atoms with van der Waals surface area (Å²) in [6.07, 6.45) is 0.443. The standard InChI is InChI=1S/C15H19FN4O3/c1-18-14(21)8-20(2)15-19-12-4-3-11(5-13(12)23-15)22-9-10(6-16)7-17/h3-6H,7-9,17H2,1-2H3,(H,18,21). The molecule has 3 N–H and O–H groups in total. The molecule has 0 fully saturated rings. The van der Waals surface area contributed by atoms with Gasteiger partial charge in [0.15, 0.2) is 5.58 Å². The van der Waals surface area contributed by atoms with Crippen molar-refractivity contribution in [2.24, 2.45) is 5.73 Å². The Balaban J connectivity index is 2.12. The molecule has 1 aromatic heterocycles. The number of ether oxygens (including phenoxy) is 1. The number of nitrogens with one attached hydrogen (secondary N) is 1. The molecule has 0 aliphatic carbocycles. The number of nitrogens with zero attached hydrogens (tertiary/aromatic N) is 2. The van der Waals surface area contributed by atoms with Crippen molar-refractivity contribution in [1.29, 1.82) is 0 Å². The van der Waals surface area contributed by atoms with Gasteiger partial charge in [-0.2, -0.15) is 4.98 Å². The van der Waals surface area contributed by atoms with Crippen molar-refractivity contribution in [3.63, 3.8) is 0 Å². The number of hydrogen-bond acceptors (Lipinski definition) is 6. The lowest BCUT2D eigenvalue weighted by Crippen LogP contribution is -2.33.